The molecule has 4 rings (SSSR count). The van der Waals surface area contributed by atoms with E-state index in [9.17, 15) is 9.59 Å². The molecular formula is C22H23N5O2. The van der Waals surface area contributed by atoms with Crippen LogP contribution in [-0.4, -0.2) is 33.1 Å². The van der Waals surface area contributed by atoms with Gasteiger partial charge in [0, 0.05) is 37.1 Å². The molecule has 7 nitrogen and oxygen atoms in total. The summed E-state index contributed by atoms with van der Waals surface area (Å²) in [5.74, 6) is 0.665. The lowest BCUT2D eigenvalue weighted by atomic mass is 10.2. The minimum atomic E-state index is -0.184. The number of amides is 2. The van der Waals surface area contributed by atoms with E-state index in [1.54, 1.807) is 27.9 Å². The first-order chi connectivity index (χ1) is 14.0. The molecule has 1 fully saturated rings. The summed E-state index contributed by atoms with van der Waals surface area (Å²) in [7, 11) is 0. The predicted molar refractivity (Wildman–Crippen MR) is 110 cm³/mol. The molecule has 7 heteroatoms. The normalized spacial score (nSPS) is 13.7. The minimum Gasteiger partial charge on any atom is -0.348 e. The quantitative estimate of drug-likeness (QED) is 0.728. The zero-order valence-electron chi connectivity index (χ0n) is 16.6. The SMILES string of the molecule is Cc1cc(C)n(-c2ccc(C(=O)NCc3ccc(N4CCCC4=O)cc3)cn2)n1. The Labute approximate surface area is 169 Å². The van der Waals surface area contributed by atoms with E-state index in [4.69, 9.17) is 0 Å². The number of carbonyl (C=O) groups excluding carboxylic acids is 2. The Kier molecular flexibility index (Phi) is 5.12. The highest BCUT2D eigenvalue weighted by Gasteiger charge is 2.21. The summed E-state index contributed by atoms with van der Waals surface area (Å²) in [6.45, 7) is 5.08. The molecular weight excluding hydrogens is 366 g/mol. The molecule has 2 aromatic heterocycles. The van der Waals surface area contributed by atoms with Crippen molar-refractivity contribution in [1.82, 2.24) is 20.1 Å². The van der Waals surface area contributed by atoms with Crippen molar-refractivity contribution in [1.29, 1.82) is 0 Å². The van der Waals surface area contributed by atoms with Crippen LogP contribution < -0.4 is 10.2 Å². The fourth-order valence-electron chi connectivity index (χ4n) is 3.51. The van der Waals surface area contributed by atoms with Crippen LogP contribution in [0.1, 0.15) is 40.2 Å². The van der Waals surface area contributed by atoms with E-state index < -0.39 is 0 Å². The van der Waals surface area contributed by atoms with Gasteiger partial charge in [0.1, 0.15) is 0 Å². The predicted octanol–water partition coefficient (Wildman–Crippen LogP) is 2.94. The zero-order chi connectivity index (χ0) is 20.4. The average molecular weight is 389 g/mol. The lowest BCUT2D eigenvalue weighted by Crippen LogP contribution is -2.24. The Bertz CT molecular complexity index is 1040. The summed E-state index contributed by atoms with van der Waals surface area (Å²) in [4.78, 5) is 30.4. The van der Waals surface area contributed by atoms with Gasteiger partial charge >= 0.3 is 0 Å². The second kappa shape index (κ2) is 7.87. The van der Waals surface area contributed by atoms with E-state index in [2.05, 4.69) is 15.4 Å². The van der Waals surface area contributed by atoms with E-state index in [1.165, 1.54) is 0 Å². The van der Waals surface area contributed by atoms with Gasteiger partial charge in [-0.15, -0.1) is 0 Å². The maximum absolute atomic E-state index is 12.4. The number of hydrogen-bond donors (Lipinski definition) is 1. The number of pyridine rings is 1. The van der Waals surface area contributed by atoms with Crippen molar-refractivity contribution in [3.8, 4) is 5.82 Å². The molecule has 1 aliphatic rings. The van der Waals surface area contributed by atoms with Crippen molar-refractivity contribution in [2.75, 3.05) is 11.4 Å². The van der Waals surface area contributed by atoms with Crippen LogP contribution in [0.15, 0.2) is 48.7 Å². The molecule has 1 aromatic carbocycles. The number of aromatic nitrogens is 3. The third-order valence-corrected chi connectivity index (χ3v) is 5.01. The lowest BCUT2D eigenvalue weighted by Gasteiger charge is -2.16. The summed E-state index contributed by atoms with van der Waals surface area (Å²) in [5, 5.41) is 7.31. The number of aryl methyl sites for hydroxylation is 2. The molecule has 1 aliphatic heterocycles. The van der Waals surface area contributed by atoms with E-state index in [0.717, 1.165) is 35.6 Å². The van der Waals surface area contributed by atoms with Gasteiger partial charge in [0.25, 0.3) is 5.91 Å². The fraction of sp³-hybridized carbons (Fsp3) is 0.273. The topological polar surface area (TPSA) is 80.1 Å². The largest absolute Gasteiger partial charge is 0.348 e. The number of anilines is 1. The maximum Gasteiger partial charge on any atom is 0.253 e. The molecule has 1 saturated heterocycles. The van der Waals surface area contributed by atoms with E-state index >= 15 is 0 Å². The standard InChI is InChI=1S/C22H23N5O2/c1-15-12-16(2)27(25-15)20-10-7-18(14-23-20)22(29)24-13-17-5-8-19(9-6-17)26-11-3-4-21(26)28/h5-10,12,14H,3-4,11,13H2,1-2H3,(H,24,29). The summed E-state index contributed by atoms with van der Waals surface area (Å²) in [5.41, 5.74) is 4.29. The molecule has 0 radical (unpaired) electrons. The van der Waals surface area contributed by atoms with Gasteiger partial charge in [-0.3, -0.25) is 9.59 Å². The van der Waals surface area contributed by atoms with Crippen molar-refractivity contribution >= 4 is 17.5 Å². The first-order valence-electron chi connectivity index (χ1n) is 9.68. The van der Waals surface area contributed by atoms with Crippen LogP contribution in [0.3, 0.4) is 0 Å². The molecule has 0 saturated carbocycles. The van der Waals surface area contributed by atoms with E-state index in [-0.39, 0.29) is 11.8 Å². The number of hydrogen-bond acceptors (Lipinski definition) is 4. The first kappa shape index (κ1) is 18.9. The Balaban J connectivity index is 1.37. The van der Waals surface area contributed by atoms with Crippen molar-refractivity contribution in [3.63, 3.8) is 0 Å². The monoisotopic (exact) mass is 389 g/mol. The van der Waals surface area contributed by atoms with Crippen LogP contribution in [0.25, 0.3) is 5.82 Å². The smallest absolute Gasteiger partial charge is 0.253 e. The zero-order valence-corrected chi connectivity index (χ0v) is 16.6. The first-order valence-corrected chi connectivity index (χ1v) is 9.68. The molecule has 0 atom stereocenters. The molecule has 0 bridgehead atoms. The van der Waals surface area contributed by atoms with Crippen molar-refractivity contribution in [2.45, 2.75) is 33.2 Å². The van der Waals surface area contributed by atoms with Crippen LogP contribution in [0, 0.1) is 13.8 Å². The highest BCUT2D eigenvalue weighted by Crippen LogP contribution is 2.21. The summed E-state index contributed by atoms with van der Waals surface area (Å²) < 4.78 is 1.75. The van der Waals surface area contributed by atoms with Gasteiger partial charge in [-0.2, -0.15) is 5.10 Å². The number of nitrogens with one attached hydrogen (secondary N) is 1. The van der Waals surface area contributed by atoms with Gasteiger partial charge < -0.3 is 10.2 Å². The summed E-state index contributed by atoms with van der Waals surface area (Å²) >= 11 is 0. The fourth-order valence-corrected chi connectivity index (χ4v) is 3.51. The van der Waals surface area contributed by atoms with Crippen LogP contribution in [0.2, 0.25) is 0 Å². The second-order valence-corrected chi connectivity index (χ2v) is 7.24. The molecule has 0 aliphatic carbocycles. The Hall–Kier alpha value is -3.48. The van der Waals surface area contributed by atoms with Crippen LogP contribution >= 0.6 is 0 Å². The van der Waals surface area contributed by atoms with Crippen molar-refractivity contribution in [3.05, 3.63) is 71.2 Å². The number of nitrogens with zero attached hydrogens (tertiary/aromatic N) is 4. The molecule has 1 N–H and O–H groups in total. The highest BCUT2D eigenvalue weighted by atomic mass is 16.2. The number of rotatable bonds is 5. The summed E-state index contributed by atoms with van der Waals surface area (Å²) in [6, 6.07) is 13.2. The Morgan fingerprint density at radius 2 is 1.93 bits per heavy atom. The van der Waals surface area contributed by atoms with Crippen LogP contribution in [-0.2, 0) is 11.3 Å². The lowest BCUT2D eigenvalue weighted by molar-refractivity contribution is -0.117. The molecule has 0 unspecified atom stereocenters. The van der Waals surface area contributed by atoms with Crippen molar-refractivity contribution in [2.24, 2.45) is 0 Å². The molecule has 2 amide bonds. The Morgan fingerprint density at radius 1 is 1.14 bits per heavy atom. The number of benzene rings is 1. The van der Waals surface area contributed by atoms with Gasteiger partial charge in [0.2, 0.25) is 5.91 Å². The average Bonchev–Trinajstić information content (AvgIpc) is 3.31. The highest BCUT2D eigenvalue weighted by molar-refractivity contribution is 5.95. The van der Waals surface area contributed by atoms with Gasteiger partial charge in [0.05, 0.1) is 11.3 Å². The van der Waals surface area contributed by atoms with E-state index in [1.807, 2.05) is 44.2 Å². The van der Waals surface area contributed by atoms with E-state index in [0.29, 0.717) is 24.3 Å². The Morgan fingerprint density at radius 3 is 2.52 bits per heavy atom. The molecule has 3 heterocycles. The van der Waals surface area contributed by atoms with Crippen molar-refractivity contribution < 1.29 is 9.59 Å². The second-order valence-electron chi connectivity index (χ2n) is 7.24. The molecule has 0 spiro atoms. The van der Waals surface area contributed by atoms with Gasteiger partial charge in [-0.25, -0.2) is 9.67 Å². The van der Waals surface area contributed by atoms with Gasteiger partial charge in [-0.05, 0) is 56.2 Å². The number of carbonyl (C=O) groups is 2. The summed E-state index contributed by atoms with van der Waals surface area (Å²) in [6.07, 6.45) is 3.08. The third-order valence-electron chi connectivity index (χ3n) is 5.01. The molecule has 3 aromatic rings. The van der Waals surface area contributed by atoms with Crippen LogP contribution in [0.4, 0.5) is 5.69 Å². The third kappa shape index (κ3) is 4.03. The molecule has 29 heavy (non-hydrogen) atoms. The van der Waals surface area contributed by atoms with Crippen LogP contribution in [0.5, 0.6) is 0 Å². The van der Waals surface area contributed by atoms with Gasteiger partial charge in [0.15, 0.2) is 5.82 Å². The minimum absolute atomic E-state index is 0.169. The van der Waals surface area contributed by atoms with Gasteiger partial charge in [-0.1, -0.05) is 12.1 Å². The maximum atomic E-state index is 12.4. The molecule has 148 valence electrons.